The van der Waals surface area contributed by atoms with E-state index in [0.717, 1.165) is 16.5 Å². The van der Waals surface area contributed by atoms with E-state index in [-0.39, 0.29) is 0 Å². The van der Waals surface area contributed by atoms with Crippen LogP contribution in [0, 0.1) is 0 Å². The van der Waals surface area contributed by atoms with Crippen LogP contribution in [0.3, 0.4) is 0 Å². The summed E-state index contributed by atoms with van der Waals surface area (Å²) in [5, 5.41) is 3.79. The van der Waals surface area contributed by atoms with Crippen molar-refractivity contribution in [3.05, 3.63) is 34.3 Å². The van der Waals surface area contributed by atoms with E-state index in [4.69, 9.17) is 4.84 Å². The molecule has 0 spiro atoms. The van der Waals surface area contributed by atoms with Crippen LogP contribution in [0.1, 0.15) is 31.7 Å². The van der Waals surface area contributed by atoms with Crippen molar-refractivity contribution in [2.45, 2.75) is 26.2 Å². The van der Waals surface area contributed by atoms with Crippen molar-refractivity contribution in [3.8, 4) is 0 Å². The van der Waals surface area contributed by atoms with Crippen LogP contribution >= 0.6 is 15.9 Å². The van der Waals surface area contributed by atoms with Crippen LogP contribution in [-0.4, -0.2) is 12.8 Å². The Balaban J connectivity index is 2.29. The highest BCUT2D eigenvalue weighted by Gasteiger charge is 1.94. The molecule has 15 heavy (non-hydrogen) atoms. The first-order valence-corrected chi connectivity index (χ1v) is 5.96. The summed E-state index contributed by atoms with van der Waals surface area (Å²) in [6.45, 7) is 2.84. The van der Waals surface area contributed by atoms with E-state index in [1.165, 1.54) is 12.8 Å². The second kappa shape index (κ2) is 7.46. The Labute approximate surface area is 99.5 Å². The van der Waals surface area contributed by atoms with Crippen LogP contribution < -0.4 is 0 Å². The van der Waals surface area contributed by atoms with Crippen molar-refractivity contribution in [1.29, 1.82) is 0 Å². The Morgan fingerprint density at radius 1 is 1.33 bits per heavy atom. The molecule has 1 radical (unpaired) electrons. The molecule has 0 bridgehead atoms. The zero-order chi connectivity index (χ0) is 10.9. The maximum atomic E-state index is 5.09. The van der Waals surface area contributed by atoms with Gasteiger partial charge < -0.3 is 4.84 Å². The molecule has 0 aliphatic rings. The highest BCUT2D eigenvalue weighted by atomic mass is 79.9. The van der Waals surface area contributed by atoms with Crippen molar-refractivity contribution >= 4 is 22.1 Å². The summed E-state index contributed by atoms with van der Waals surface area (Å²) in [5.41, 5.74) is 0.910. The molecule has 1 aromatic carbocycles. The molecule has 0 fully saturated rings. The largest absolute Gasteiger partial charge is 0.395 e. The molecule has 0 amide bonds. The van der Waals surface area contributed by atoms with Crippen molar-refractivity contribution in [1.82, 2.24) is 0 Å². The molecule has 0 unspecified atom stereocenters. The van der Waals surface area contributed by atoms with Gasteiger partial charge in [-0.25, -0.2) is 0 Å². The quantitative estimate of drug-likeness (QED) is 0.436. The zero-order valence-corrected chi connectivity index (χ0v) is 10.5. The number of unbranched alkanes of at least 4 members (excludes halogenated alkanes) is 2. The lowest BCUT2D eigenvalue weighted by Gasteiger charge is -1.97. The summed E-state index contributed by atoms with van der Waals surface area (Å²) in [6, 6.07) is 7.79. The van der Waals surface area contributed by atoms with E-state index in [1.807, 2.05) is 24.3 Å². The van der Waals surface area contributed by atoms with Crippen LogP contribution in [0.15, 0.2) is 33.9 Å². The SMILES string of the molecule is CCCCCO/N=[C]/c1ccccc1Br. The minimum absolute atomic E-state index is 0.672. The van der Waals surface area contributed by atoms with E-state index >= 15 is 0 Å². The molecular formula is C12H15BrNO. The van der Waals surface area contributed by atoms with Gasteiger partial charge in [-0.15, -0.1) is 0 Å². The second-order valence-electron chi connectivity index (χ2n) is 3.22. The number of nitrogens with zero attached hydrogens (tertiary/aromatic N) is 1. The molecule has 0 saturated carbocycles. The van der Waals surface area contributed by atoms with Gasteiger partial charge in [0.15, 0.2) is 0 Å². The molecule has 1 rings (SSSR count). The summed E-state index contributed by atoms with van der Waals surface area (Å²) in [5.74, 6) is 0. The van der Waals surface area contributed by atoms with Gasteiger partial charge in [-0.3, -0.25) is 0 Å². The van der Waals surface area contributed by atoms with Crippen LogP contribution in [0.2, 0.25) is 0 Å². The van der Waals surface area contributed by atoms with Crippen LogP contribution in [0.25, 0.3) is 0 Å². The predicted molar refractivity (Wildman–Crippen MR) is 66.2 cm³/mol. The van der Waals surface area contributed by atoms with Gasteiger partial charge in [0, 0.05) is 10.0 Å². The molecule has 81 valence electrons. The highest BCUT2D eigenvalue weighted by Crippen LogP contribution is 2.13. The van der Waals surface area contributed by atoms with Crippen molar-refractivity contribution < 1.29 is 4.84 Å². The van der Waals surface area contributed by atoms with E-state index in [1.54, 1.807) is 0 Å². The molecule has 3 heteroatoms. The summed E-state index contributed by atoms with van der Waals surface area (Å²) in [7, 11) is 0. The minimum atomic E-state index is 0.672. The number of halogens is 1. The average Bonchev–Trinajstić information content (AvgIpc) is 2.25. The third-order valence-corrected chi connectivity index (χ3v) is 2.64. The highest BCUT2D eigenvalue weighted by molar-refractivity contribution is 9.10. The molecule has 0 heterocycles. The van der Waals surface area contributed by atoms with Gasteiger partial charge in [0.1, 0.15) is 12.8 Å². The fourth-order valence-electron chi connectivity index (χ4n) is 1.10. The molecule has 0 aromatic heterocycles. The number of hydrogen-bond donors (Lipinski definition) is 0. The molecule has 1 aromatic rings. The molecule has 0 atom stereocenters. The molecule has 0 aliphatic carbocycles. The monoisotopic (exact) mass is 268 g/mol. The number of benzene rings is 1. The Bertz CT molecular complexity index is 312. The fraction of sp³-hybridized carbons (Fsp3) is 0.417. The van der Waals surface area contributed by atoms with Gasteiger partial charge in [0.05, 0.1) is 0 Å². The lowest BCUT2D eigenvalue weighted by atomic mass is 10.2. The zero-order valence-electron chi connectivity index (χ0n) is 8.87. The maximum absolute atomic E-state index is 5.09. The molecule has 0 saturated heterocycles. The minimum Gasteiger partial charge on any atom is -0.395 e. The smallest absolute Gasteiger partial charge is 0.140 e. The topological polar surface area (TPSA) is 21.6 Å². The first-order valence-electron chi connectivity index (χ1n) is 5.17. The van der Waals surface area contributed by atoms with Crippen molar-refractivity contribution in [3.63, 3.8) is 0 Å². The van der Waals surface area contributed by atoms with Gasteiger partial charge in [-0.1, -0.05) is 59.1 Å². The fourth-order valence-corrected chi connectivity index (χ4v) is 1.47. The van der Waals surface area contributed by atoms with Crippen LogP contribution in [-0.2, 0) is 4.84 Å². The van der Waals surface area contributed by atoms with E-state index in [0.29, 0.717) is 6.61 Å². The first-order chi connectivity index (χ1) is 7.34. The third-order valence-electron chi connectivity index (χ3n) is 1.94. The molecular weight excluding hydrogens is 254 g/mol. The Morgan fingerprint density at radius 2 is 2.13 bits per heavy atom. The second-order valence-corrected chi connectivity index (χ2v) is 4.08. The lowest BCUT2D eigenvalue weighted by Crippen LogP contribution is -1.89. The summed E-state index contributed by atoms with van der Waals surface area (Å²) in [4.78, 5) is 5.09. The predicted octanol–water partition coefficient (Wildman–Crippen LogP) is 3.87. The van der Waals surface area contributed by atoms with E-state index in [2.05, 4.69) is 34.2 Å². The summed E-state index contributed by atoms with van der Waals surface area (Å²) < 4.78 is 0.978. The van der Waals surface area contributed by atoms with Crippen molar-refractivity contribution in [2.75, 3.05) is 6.61 Å². The van der Waals surface area contributed by atoms with Gasteiger partial charge >= 0.3 is 0 Å². The molecule has 0 aliphatic heterocycles. The van der Waals surface area contributed by atoms with E-state index in [9.17, 15) is 0 Å². The number of rotatable bonds is 6. The van der Waals surface area contributed by atoms with Crippen molar-refractivity contribution in [2.24, 2.45) is 5.16 Å². The third kappa shape index (κ3) is 4.98. The maximum Gasteiger partial charge on any atom is 0.140 e. The van der Waals surface area contributed by atoms with Crippen LogP contribution in [0.5, 0.6) is 0 Å². The summed E-state index contributed by atoms with van der Waals surface area (Å²) >= 11 is 3.41. The standard InChI is InChI=1S/C12H15BrNO/c1-2-3-6-9-15-14-10-11-7-4-5-8-12(11)13/h4-5,7-8H,2-3,6,9H2,1H3. The molecule has 0 N–H and O–H groups in total. The molecule has 2 nitrogen and oxygen atoms in total. The average molecular weight is 269 g/mol. The Hall–Kier alpha value is -0.830. The van der Waals surface area contributed by atoms with Gasteiger partial charge in [-0.05, 0) is 12.5 Å². The Morgan fingerprint density at radius 3 is 2.87 bits per heavy atom. The van der Waals surface area contributed by atoms with Gasteiger partial charge in [0.25, 0.3) is 0 Å². The normalized spacial score (nSPS) is 10.8. The van der Waals surface area contributed by atoms with Gasteiger partial charge in [0.2, 0.25) is 0 Å². The first kappa shape index (κ1) is 12.2. The Kier molecular flexibility index (Phi) is 6.09. The van der Waals surface area contributed by atoms with Gasteiger partial charge in [-0.2, -0.15) is 0 Å². The number of hydrogen-bond acceptors (Lipinski definition) is 2. The van der Waals surface area contributed by atoms with Crippen LogP contribution in [0.4, 0.5) is 0 Å². The lowest BCUT2D eigenvalue weighted by molar-refractivity contribution is 0.141. The van der Waals surface area contributed by atoms with E-state index < -0.39 is 0 Å². The summed E-state index contributed by atoms with van der Waals surface area (Å²) in [6.07, 6.45) is 6.28.